The third kappa shape index (κ3) is 3.76. The molecule has 8 atom stereocenters. The molecule has 4 aliphatic carbocycles. The number of fused-ring (bicyclic) bond motifs is 10. The van der Waals surface area contributed by atoms with Gasteiger partial charge in [-0.25, -0.2) is 9.80 Å². The molecule has 2 saturated heterocycles. The lowest BCUT2D eigenvalue weighted by atomic mass is 9.85. The van der Waals surface area contributed by atoms with Crippen LogP contribution in [0.2, 0.25) is 0 Å². The SMILES string of the molecule is O=C1[C@@H]2[C@@H](C(=O)N1c1ccccc1Oc1c(F)c(F)c(Oc3ccccc3N3C(=O)[C@@H]4[C@H](C3=O)[C@H]3C=C[C@H]4C3)c(F)c1F)[C@H]1C=C[C@@H]2C1. The molecule has 48 heavy (non-hydrogen) atoms. The Balaban J connectivity index is 1.03. The molecule has 3 aromatic carbocycles. The second-order valence-electron chi connectivity index (χ2n) is 13.1. The van der Waals surface area contributed by atoms with Crippen molar-refractivity contribution in [1.29, 1.82) is 0 Å². The highest BCUT2D eigenvalue weighted by Crippen LogP contribution is 2.56. The number of nitrogens with zero attached hydrogens (tertiary/aromatic N) is 2. The molecule has 4 fully saturated rings. The number of ether oxygens (including phenoxy) is 2. The van der Waals surface area contributed by atoms with Crippen LogP contribution in [-0.4, -0.2) is 23.6 Å². The molecule has 0 aromatic heterocycles. The number of imide groups is 2. The van der Waals surface area contributed by atoms with Gasteiger partial charge in [0.05, 0.1) is 35.0 Å². The molecule has 4 bridgehead atoms. The van der Waals surface area contributed by atoms with Crippen molar-refractivity contribution in [1.82, 2.24) is 0 Å². The van der Waals surface area contributed by atoms with Crippen molar-refractivity contribution in [3.63, 3.8) is 0 Å². The standard InChI is InChI=1S/C36H24F4N2O6/c37-27-29(39)32(48-22-8-4-2-6-20(22)42-35(45)25-17-11-12-18(14-17)26(25)36(42)46)30(40)28(38)31(27)47-21-7-3-1-5-19(21)41-33(43)23-15-9-10-16(13-15)24(23)34(41)44/h1-12,15-18,23-26H,13-14H2/t15-,16-,17-,18+,23-,24+,25-,26-/m0/s1. The first-order valence-electron chi connectivity index (χ1n) is 15.7. The molecule has 242 valence electrons. The van der Waals surface area contributed by atoms with Crippen LogP contribution >= 0.6 is 0 Å². The number of halogens is 4. The molecule has 2 heterocycles. The van der Waals surface area contributed by atoms with Gasteiger partial charge >= 0.3 is 0 Å². The number of amides is 4. The fourth-order valence-electron chi connectivity index (χ4n) is 8.73. The lowest BCUT2D eigenvalue weighted by Crippen LogP contribution is -2.33. The number of allylic oxidation sites excluding steroid dienone is 4. The number of hydrogen-bond acceptors (Lipinski definition) is 6. The van der Waals surface area contributed by atoms with Crippen LogP contribution in [0.5, 0.6) is 23.0 Å². The van der Waals surface area contributed by atoms with Crippen LogP contribution in [0.4, 0.5) is 28.9 Å². The highest BCUT2D eigenvalue weighted by molar-refractivity contribution is 6.24. The first-order valence-corrected chi connectivity index (χ1v) is 15.7. The van der Waals surface area contributed by atoms with Crippen LogP contribution in [-0.2, 0) is 19.2 Å². The minimum Gasteiger partial charge on any atom is -0.449 e. The minimum absolute atomic E-state index is 0.0984. The number of benzene rings is 3. The Morgan fingerprint density at radius 1 is 0.479 bits per heavy atom. The van der Waals surface area contributed by atoms with Crippen molar-refractivity contribution in [3.8, 4) is 23.0 Å². The van der Waals surface area contributed by atoms with E-state index in [0.29, 0.717) is 12.8 Å². The summed E-state index contributed by atoms with van der Waals surface area (Å²) in [7, 11) is 0. The third-order valence-corrected chi connectivity index (χ3v) is 10.8. The fourth-order valence-corrected chi connectivity index (χ4v) is 8.73. The summed E-state index contributed by atoms with van der Waals surface area (Å²) in [6, 6.07) is 10.9. The van der Waals surface area contributed by atoms with Gasteiger partial charge in [0.2, 0.25) is 58.4 Å². The van der Waals surface area contributed by atoms with Crippen LogP contribution in [0.25, 0.3) is 0 Å². The predicted molar refractivity (Wildman–Crippen MR) is 160 cm³/mol. The zero-order chi connectivity index (χ0) is 33.2. The summed E-state index contributed by atoms with van der Waals surface area (Å²) in [6.45, 7) is 0. The summed E-state index contributed by atoms with van der Waals surface area (Å²) >= 11 is 0. The summed E-state index contributed by atoms with van der Waals surface area (Å²) < 4.78 is 73.0. The van der Waals surface area contributed by atoms with Gasteiger partial charge in [0.25, 0.3) is 0 Å². The molecule has 0 unspecified atom stereocenters. The van der Waals surface area contributed by atoms with E-state index < -0.39 is 82.1 Å². The lowest BCUT2D eigenvalue weighted by Gasteiger charge is -2.22. The molecule has 2 aliphatic heterocycles. The van der Waals surface area contributed by atoms with E-state index in [-0.39, 0.29) is 46.5 Å². The van der Waals surface area contributed by atoms with E-state index in [9.17, 15) is 19.2 Å². The summed E-state index contributed by atoms with van der Waals surface area (Å²) in [5, 5.41) is 0. The lowest BCUT2D eigenvalue weighted by molar-refractivity contribution is -0.124. The average Bonchev–Trinajstić information content (AvgIpc) is 3.94. The first-order chi connectivity index (χ1) is 23.2. The minimum atomic E-state index is -1.94. The van der Waals surface area contributed by atoms with E-state index >= 15 is 17.6 Å². The van der Waals surface area contributed by atoms with Gasteiger partial charge < -0.3 is 9.47 Å². The second-order valence-corrected chi connectivity index (χ2v) is 13.1. The van der Waals surface area contributed by atoms with E-state index in [1.807, 2.05) is 24.3 Å². The van der Waals surface area contributed by atoms with Crippen molar-refractivity contribution in [3.05, 3.63) is 96.1 Å². The molecule has 0 spiro atoms. The predicted octanol–water partition coefficient (Wildman–Crippen LogP) is 6.45. The van der Waals surface area contributed by atoms with E-state index in [2.05, 4.69) is 0 Å². The normalized spacial score (nSPS) is 30.7. The Kier molecular flexibility index (Phi) is 6.10. The first kappa shape index (κ1) is 28.9. The number of rotatable bonds is 6. The zero-order valence-corrected chi connectivity index (χ0v) is 24.8. The highest BCUT2D eigenvalue weighted by atomic mass is 19.2. The van der Waals surface area contributed by atoms with E-state index in [1.54, 1.807) is 0 Å². The van der Waals surface area contributed by atoms with Crippen LogP contribution in [0.3, 0.4) is 0 Å². The van der Waals surface area contributed by atoms with Gasteiger partial charge in [-0.05, 0) is 60.8 Å². The van der Waals surface area contributed by atoms with Gasteiger partial charge in [-0.1, -0.05) is 48.6 Å². The Morgan fingerprint density at radius 3 is 1.08 bits per heavy atom. The quantitative estimate of drug-likeness (QED) is 0.131. The largest absolute Gasteiger partial charge is 0.449 e. The van der Waals surface area contributed by atoms with E-state index in [1.165, 1.54) is 48.5 Å². The van der Waals surface area contributed by atoms with Gasteiger partial charge in [0.15, 0.2) is 11.5 Å². The molecule has 0 N–H and O–H groups in total. The molecule has 4 amide bonds. The maximum absolute atomic E-state index is 15.6. The van der Waals surface area contributed by atoms with Crippen molar-refractivity contribution in [2.75, 3.05) is 9.80 Å². The van der Waals surface area contributed by atoms with Gasteiger partial charge in [-0.2, -0.15) is 17.6 Å². The summed E-state index contributed by atoms with van der Waals surface area (Å²) in [6.07, 6.45) is 9.03. The molecule has 12 heteroatoms. The van der Waals surface area contributed by atoms with Gasteiger partial charge in [-0.15, -0.1) is 0 Å². The van der Waals surface area contributed by atoms with Crippen LogP contribution in [0.15, 0.2) is 72.8 Å². The number of carbonyl (C=O) groups is 4. The summed E-state index contributed by atoms with van der Waals surface area (Å²) in [4.78, 5) is 55.4. The van der Waals surface area contributed by atoms with Crippen LogP contribution in [0, 0.1) is 70.6 Å². The molecule has 6 aliphatic rings. The van der Waals surface area contributed by atoms with Gasteiger partial charge in [-0.3, -0.25) is 19.2 Å². The smallest absolute Gasteiger partial charge is 0.238 e. The summed E-state index contributed by atoms with van der Waals surface area (Å²) in [5.74, 6) is -16.1. The Hall–Kier alpha value is -5.26. The maximum atomic E-state index is 15.6. The zero-order valence-electron chi connectivity index (χ0n) is 24.8. The van der Waals surface area contributed by atoms with E-state index in [0.717, 1.165) is 9.80 Å². The Bertz CT molecular complexity index is 1830. The van der Waals surface area contributed by atoms with Crippen molar-refractivity contribution < 1.29 is 46.2 Å². The van der Waals surface area contributed by atoms with Crippen molar-refractivity contribution in [2.45, 2.75) is 12.8 Å². The van der Waals surface area contributed by atoms with Crippen LogP contribution in [0.1, 0.15) is 12.8 Å². The molecule has 8 nitrogen and oxygen atoms in total. The highest BCUT2D eigenvalue weighted by Gasteiger charge is 2.61. The second kappa shape index (κ2) is 10.1. The van der Waals surface area contributed by atoms with Crippen LogP contribution < -0.4 is 19.3 Å². The van der Waals surface area contributed by atoms with Crippen molar-refractivity contribution >= 4 is 35.0 Å². The maximum Gasteiger partial charge on any atom is 0.238 e. The molecular formula is C36H24F4N2O6. The average molecular weight is 657 g/mol. The monoisotopic (exact) mass is 656 g/mol. The van der Waals surface area contributed by atoms with Gasteiger partial charge in [0, 0.05) is 0 Å². The number of para-hydroxylation sites is 4. The number of anilines is 2. The molecule has 9 rings (SSSR count). The number of hydrogen-bond donors (Lipinski definition) is 0. The Labute approximate surface area is 270 Å². The van der Waals surface area contributed by atoms with Gasteiger partial charge in [0.1, 0.15) is 0 Å². The molecule has 2 saturated carbocycles. The molecule has 3 aromatic rings. The Morgan fingerprint density at radius 2 is 0.771 bits per heavy atom. The van der Waals surface area contributed by atoms with E-state index in [4.69, 9.17) is 9.47 Å². The topological polar surface area (TPSA) is 93.2 Å². The summed E-state index contributed by atoms with van der Waals surface area (Å²) in [5.41, 5.74) is -0.243. The fraction of sp³-hybridized carbons (Fsp3) is 0.278. The van der Waals surface area contributed by atoms with Crippen molar-refractivity contribution in [2.24, 2.45) is 47.3 Å². The third-order valence-electron chi connectivity index (χ3n) is 10.8. The number of carbonyl (C=O) groups excluding carboxylic acids is 4. The molecule has 0 radical (unpaired) electrons. The molecular weight excluding hydrogens is 632 g/mol.